The number of ether oxygens (including phenoxy) is 2. The molecule has 2 heterocycles. The van der Waals surface area contributed by atoms with Crippen LogP contribution in [0.3, 0.4) is 0 Å². The zero-order valence-electron chi connectivity index (χ0n) is 24.8. The largest absolute Gasteiger partial charge is 0.484 e. The standard InChI is InChI=1S/C34H33N3O5S/c1-6-41-33(40)30-23(5)35-34-37(31(30)25-13-10-20(2)11-14-25)32(39)28(43-34)18-24-8-7-9-27(17-24)42-19-29(38)36-26-15-12-21(3)22(4)16-26/h7-18,31H,6,19H2,1-5H3,(H,36,38)/b28-18+/t31-/m0/s1. The van der Waals surface area contributed by atoms with E-state index in [9.17, 15) is 14.4 Å². The molecule has 0 radical (unpaired) electrons. The Morgan fingerprint density at radius 2 is 1.77 bits per heavy atom. The number of amides is 1. The van der Waals surface area contributed by atoms with Gasteiger partial charge in [-0.15, -0.1) is 0 Å². The molecule has 8 nitrogen and oxygen atoms in total. The molecule has 1 aromatic heterocycles. The number of hydrogen-bond acceptors (Lipinski definition) is 7. The third-order valence-corrected chi connectivity index (χ3v) is 8.21. The van der Waals surface area contributed by atoms with Crippen molar-refractivity contribution in [2.24, 2.45) is 4.99 Å². The minimum atomic E-state index is -0.663. The Morgan fingerprint density at radius 1 is 1.00 bits per heavy atom. The third-order valence-electron chi connectivity index (χ3n) is 7.23. The number of rotatable bonds is 8. The molecule has 0 fully saturated rings. The van der Waals surface area contributed by atoms with Gasteiger partial charge >= 0.3 is 5.97 Å². The van der Waals surface area contributed by atoms with Gasteiger partial charge < -0.3 is 14.8 Å². The van der Waals surface area contributed by atoms with E-state index < -0.39 is 12.0 Å². The smallest absolute Gasteiger partial charge is 0.338 e. The third kappa shape index (κ3) is 6.52. The monoisotopic (exact) mass is 595 g/mol. The summed E-state index contributed by atoms with van der Waals surface area (Å²) in [7, 11) is 0. The van der Waals surface area contributed by atoms with Crippen molar-refractivity contribution in [3.05, 3.63) is 126 Å². The van der Waals surface area contributed by atoms with Crippen LogP contribution in [0.4, 0.5) is 5.69 Å². The first-order chi connectivity index (χ1) is 20.6. The first-order valence-electron chi connectivity index (χ1n) is 14.0. The molecule has 3 aromatic carbocycles. The maximum absolute atomic E-state index is 13.8. The maximum atomic E-state index is 13.8. The number of carbonyl (C=O) groups excluding carboxylic acids is 2. The Balaban J connectivity index is 1.43. The molecule has 43 heavy (non-hydrogen) atoms. The fourth-order valence-corrected chi connectivity index (χ4v) is 5.91. The van der Waals surface area contributed by atoms with E-state index in [2.05, 4.69) is 10.3 Å². The number of anilines is 1. The minimum Gasteiger partial charge on any atom is -0.484 e. The van der Waals surface area contributed by atoms with Gasteiger partial charge in [-0.3, -0.25) is 14.2 Å². The molecule has 0 bridgehead atoms. The van der Waals surface area contributed by atoms with E-state index >= 15 is 0 Å². The molecule has 0 spiro atoms. The van der Waals surface area contributed by atoms with Gasteiger partial charge in [0.15, 0.2) is 11.4 Å². The molecule has 0 aliphatic carbocycles. The normalized spacial score (nSPS) is 14.6. The molecule has 1 N–H and O–H groups in total. The molecule has 0 saturated heterocycles. The van der Waals surface area contributed by atoms with Crippen molar-refractivity contribution in [3.63, 3.8) is 0 Å². The van der Waals surface area contributed by atoms with Crippen LogP contribution in [0.2, 0.25) is 0 Å². The molecular formula is C34H33N3O5S. The van der Waals surface area contributed by atoms with Crippen LogP contribution in [0, 0.1) is 20.8 Å². The number of hydrogen-bond donors (Lipinski definition) is 1. The van der Waals surface area contributed by atoms with E-state index in [1.165, 1.54) is 11.3 Å². The Bertz CT molecular complexity index is 1920. The lowest BCUT2D eigenvalue weighted by Gasteiger charge is -2.24. The summed E-state index contributed by atoms with van der Waals surface area (Å²) in [4.78, 5) is 44.5. The molecule has 220 valence electrons. The van der Waals surface area contributed by atoms with E-state index in [4.69, 9.17) is 9.47 Å². The Kier molecular flexibility index (Phi) is 8.73. The zero-order chi connectivity index (χ0) is 30.7. The minimum absolute atomic E-state index is 0.162. The van der Waals surface area contributed by atoms with Crippen LogP contribution in [0.25, 0.3) is 6.08 Å². The van der Waals surface area contributed by atoms with Gasteiger partial charge in [-0.05, 0) is 87.2 Å². The zero-order valence-corrected chi connectivity index (χ0v) is 25.6. The quantitative estimate of drug-likeness (QED) is 0.297. The highest BCUT2D eigenvalue weighted by molar-refractivity contribution is 7.07. The highest BCUT2D eigenvalue weighted by Crippen LogP contribution is 2.31. The second kappa shape index (κ2) is 12.6. The number of carbonyl (C=O) groups is 2. The van der Waals surface area contributed by atoms with Gasteiger partial charge in [-0.25, -0.2) is 9.79 Å². The van der Waals surface area contributed by atoms with Crippen molar-refractivity contribution < 1.29 is 19.1 Å². The maximum Gasteiger partial charge on any atom is 0.338 e. The number of aromatic nitrogens is 1. The molecule has 1 amide bonds. The first-order valence-corrected chi connectivity index (χ1v) is 14.8. The van der Waals surface area contributed by atoms with Crippen LogP contribution in [0.1, 0.15) is 47.7 Å². The summed E-state index contributed by atoms with van der Waals surface area (Å²) in [6.45, 7) is 9.56. The van der Waals surface area contributed by atoms with Crippen LogP contribution in [0.15, 0.2) is 87.8 Å². The molecular weight excluding hydrogens is 562 g/mol. The highest BCUT2D eigenvalue weighted by atomic mass is 32.1. The molecule has 0 unspecified atom stereocenters. The number of esters is 1. The first kappa shape index (κ1) is 29.7. The van der Waals surface area contributed by atoms with Gasteiger partial charge in [0.25, 0.3) is 11.5 Å². The van der Waals surface area contributed by atoms with Crippen LogP contribution < -0.4 is 24.9 Å². The number of thiazole rings is 1. The number of nitrogens with zero attached hydrogens (tertiary/aromatic N) is 2. The Labute approximate surface area is 253 Å². The topological polar surface area (TPSA) is 99.0 Å². The van der Waals surface area contributed by atoms with Gasteiger partial charge in [0.2, 0.25) is 0 Å². The van der Waals surface area contributed by atoms with E-state index in [1.54, 1.807) is 42.7 Å². The summed E-state index contributed by atoms with van der Waals surface area (Å²) in [5, 5.41) is 2.85. The second-order valence-electron chi connectivity index (χ2n) is 10.4. The Morgan fingerprint density at radius 3 is 2.49 bits per heavy atom. The number of aryl methyl sites for hydroxylation is 3. The van der Waals surface area contributed by atoms with Crippen molar-refractivity contribution in [3.8, 4) is 5.75 Å². The van der Waals surface area contributed by atoms with Crippen molar-refractivity contribution in [2.75, 3.05) is 18.5 Å². The highest BCUT2D eigenvalue weighted by Gasteiger charge is 2.33. The van der Waals surface area contributed by atoms with Crippen molar-refractivity contribution in [1.82, 2.24) is 4.57 Å². The summed E-state index contributed by atoms with van der Waals surface area (Å²) >= 11 is 1.25. The van der Waals surface area contributed by atoms with E-state index in [-0.39, 0.29) is 24.7 Å². The number of allylic oxidation sites excluding steroid dienone is 1. The van der Waals surface area contributed by atoms with E-state index in [1.807, 2.05) is 69.3 Å². The summed E-state index contributed by atoms with van der Waals surface area (Å²) in [5.41, 5.74) is 6.15. The number of nitrogens with one attached hydrogen (secondary N) is 1. The van der Waals surface area contributed by atoms with Crippen molar-refractivity contribution in [1.29, 1.82) is 0 Å². The molecule has 1 aliphatic rings. The summed E-state index contributed by atoms with van der Waals surface area (Å²) in [5.74, 6) is -0.268. The van der Waals surface area contributed by atoms with Gasteiger partial charge in [0.1, 0.15) is 5.75 Å². The van der Waals surface area contributed by atoms with Gasteiger partial charge in [0, 0.05) is 5.69 Å². The van der Waals surface area contributed by atoms with Gasteiger partial charge in [-0.2, -0.15) is 0 Å². The van der Waals surface area contributed by atoms with Gasteiger partial charge in [0.05, 0.1) is 28.5 Å². The molecule has 0 saturated carbocycles. The van der Waals surface area contributed by atoms with Crippen LogP contribution in [0.5, 0.6) is 5.75 Å². The van der Waals surface area contributed by atoms with E-state index in [0.717, 1.165) is 27.8 Å². The summed E-state index contributed by atoms with van der Waals surface area (Å²) in [6, 6.07) is 20.0. The molecule has 1 atom stereocenters. The van der Waals surface area contributed by atoms with Crippen molar-refractivity contribution >= 4 is 35.0 Å². The lowest BCUT2D eigenvalue weighted by molar-refractivity contribution is -0.139. The van der Waals surface area contributed by atoms with E-state index in [0.29, 0.717) is 32.0 Å². The molecule has 5 rings (SSSR count). The average Bonchev–Trinajstić information content (AvgIpc) is 3.27. The molecule has 4 aromatic rings. The predicted molar refractivity (Wildman–Crippen MR) is 168 cm³/mol. The summed E-state index contributed by atoms with van der Waals surface area (Å²) < 4.78 is 13.1. The SMILES string of the molecule is CCOC(=O)C1=C(C)N=c2s/c(=C/c3cccc(OCC(=O)Nc4ccc(C)c(C)c4)c3)c(=O)n2[C@H]1c1ccc(C)cc1. The average molecular weight is 596 g/mol. The predicted octanol–water partition coefficient (Wildman–Crippen LogP) is 4.74. The Hall–Kier alpha value is -4.76. The van der Waals surface area contributed by atoms with Crippen molar-refractivity contribution in [2.45, 2.75) is 40.7 Å². The van der Waals surface area contributed by atoms with Crippen LogP contribution >= 0.6 is 11.3 Å². The fraction of sp³-hybridized carbons (Fsp3) is 0.235. The van der Waals surface area contributed by atoms with Crippen LogP contribution in [-0.2, 0) is 14.3 Å². The molecule has 1 aliphatic heterocycles. The fourth-order valence-electron chi connectivity index (χ4n) is 4.87. The lowest BCUT2D eigenvalue weighted by Crippen LogP contribution is -2.39. The second-order valence-corrected chi connectivity index (χ2v) is 11.4. The summed E-state index contributed by atoms with van der Waals surface area (Å²) in [6.07, 6.45) is 1.77. The molecule has 9 heteroatoms. The van der Waals surface area contributed by atoms with Crippen LogP contribution in [-0.4, -0.2) is 29.7 Å². The number of fused-ring (bicyclic) bond motifs is 1. The number of benzene rings is 3. The lowest BCUT2D eigenvalue weighted by atomic mass is 9.95. The van der Waals surface area contributed by atoms with Gasteiger partial charge in [-0.1, -0.05) is 59.4 Å².